The summed E-state index contributed by atoms with van der Waals surface area (Å²) >= 11 is 0. The van der Waals surface area contributed by atoms with Crippen LogP contribution in [0.4, 0.5) is 0 Å². The average Bonchev–Trinajstić information content (AvgIpc) is 3.57. The molecule has 3 fully saturated rings. The van der Waals surface area contributed by atoms with Crippen LogP contribution in [0.3, 0.4) is 0 Å². The quantitative estimate of drug-likeness (QED) is 0.0222. The SMILES string of the molecule is CCCCCCCCCC/C=C\CCCCCCCCCCCCCC(=O)NC(COC1OC(CO)C(OC2OC(CO)C(OC3OC(CO)C(O)C(O)C3O)C(O)C2O)C(O)C1O)C(O)/C=C/CCCCCCCCCCCCC. The number of aliphatic hydroxyl groups excluding tert-OH is 11. The van der Waals surface area contributed by atoms with E-state index in [9.17, 15) is 61.0 Å². The molecule has 19 heteroatoms. The summed E-state index contributed by atoms with van der Waals surface area (Å²) in [4.78, 5) is 13.3. The molecule has 0 saturated carbocycles. The summed E-state index contributed by atoms with van der Waals surface area (Å²) in [5, 5.41) is 120. The molecule has 81 heavy (non-hydrogen) atoms. The maximum Gasteiger partial charge on any atom is 0.220 e. The summed E-state index contributed by atoms with van der Waals surface area (Å²) in [5.41, 5.74) is 0. The minimum absolute atomic E-state index is 0.245. The smallest absolute Gasteiger partial charge is 0.220 e. The Kier molecular flexibility index (Phi) is 41.4. The normalized spacial score (nSPS) is 29.9. The molecule has 0 radical (unpaired) electrons. The number of unbranched alkanes of at least 4 members (excludes halogenated alkanes) is 30. The molecular formula is C62H115NO18. The van der Waals surface area contributed by atoms with Crippen LogP contribution < -0.4 is 5.32 Å². The number of hydrogen-bond donors (Lipinski definition) is 12. The van der Waals surface area contributed by atoms with Gasteiger partial charge in [-0.25, -0.2) is 0 Å². The predicted molar refractivity (Wildman–Crippen MR) is 310 cm³/mol. The van der Waals surface area contributed by atoms with Gasteiger partial charge in [-0.15, -0.1) is 0 Å². The molecule has 0 spiro atoms. The fourth-order valence-electron chi connectivity index (χ4n) is 11.0. The third-order valence-corrected chi connectivity index (χ3v) is 16.2. The van der Waals surface area contributed by atoms with Gasteiger partial charge in [0, 0.05) is 6.42 Å². The molecule has 0 bridgehead atoms. The van der Waals surface area contributed by atoms with Crippen molar-refractivity contribution in [2.75, 3.05) is 26.4 Å². The molecule has 3 saturated heterocycles. The molecule has 0 aromatic carbocycles. The summed E-state index contributed by atoms with van der Waals surface area (Å²) in [6.07, 6.45) is 21.6. The van der Waals surface area contributed by atoms with Crippen molar-refractivity contribution in [3.63, 3.8) is 0 Å². The number of rotatable bonds is 48. The highest BCUT2D eigenvalue weighted by Gasteiger charge is 2.53. The van der Waals surface area contributed by atoms with Gasteiger partial charge in [0.05, 0.1) is 38.6 Å². The van der Waals surface area contributed by atoms with E-state index in [4.69, 9.17) is 28.4 Å². The van der Waals surface area contributed by atoms with Gasteiger partial charge in [-0.2, -0.15) is 0 Å². The molecule has 0 aliphatic carbocycles. The van der Waals surface area contributed by atoms with Crippen LogP contribution in [0.5, 0.6) is 0 Å². The zero-order chi connectivity index (χ0) is 59.0. The zero-order valence-electron chi connectivity index (χ0n) is 49.8. The van der Waals surface area contributed by atoms with Crippen molar-refractivity contribution >= 4 is 5.91 Å². The first-order valence-electron chi connectivity index (χ1n) is 32.1. The number of nitrogens with one attached hydrogen (secondary N) is 1. The number of ether oxygens (including phenoxy) is 6. The number of allylic oxidation sites excluding steroid dienone is 3. The Morgan fingerprint density at radius 1 is 0.432 bits per heavy atom. The Hall–Kier alpha value is -1.73. The monoisotopic (exact) mass is 1160 g/mol. The highest BCUT2D eigenvalue weighted by Crippen LogP contribution is 2.33. The van der Waals surface area contributed by atoms with Crippen molar-refractivity contribution in [2.45, 2.75) is 336 Å². The third kappa shape index (κ3) is 29.0. The van der Waals surface area contributed by atoms with E-state index in [-0.39, 0.29) is 18.9 Å². The van der Waals surface area contributed by atoms with Gasteiger partial charge in [0.25, 0.3) is 0 Å². The fraction of sp³-hybridized carbons (Fsp3) is 0.919. The van der Waals surface area contributed by atoms with E-state index in [1.54, 1.807) is 6.08 Å². The van der Waals surface area contributed by atoms with Gasteiger partial charge in [0.15, 0.2) is 18.9 Å². The van der Waals surface area contributed by atoms with Crippen molar-refractivity contribution in [3.05, 3.63) is 24.3 Å². The van der Waals surface area contributed by atoms with Gasteiger partial charge in [-0.1, -0.05) is 205 Å². The largest absolute Gasteiger partial charge is 0.394 e. The minimum atomic E-state index is -1.98. The van der Waals surface area contributed by atoms with Crippen LogP contribution in [0.1, 0.15) is 232 Å². The first-order chi connectivity index (χ1) is 39.3. The lowest BCUT2D eigenvalue weighted by molar-refractivity contribution is -0.379. The molecule has 19 nitrogen and oxygen atoms in total. The van der Waals surface area contributed by atoms with E-state index in [0.717, 1.165) is 44.9 Å². The number of carbonyl (C=O) groups is 1. The lowest BCUT2D eigenvalue weighted by Gasteiger charge is -2.48. The molecule has 12 N–H and O–H groups in total. The summed E-state index contributed by atoms with van der Waals surface area (Å²) in [6, 6.07) is -0.970. The highest BCUT2D eigenvalue weighted by molar-refractivity contribution is 5.76. The van der Waals surface area contributed by atoms with Crippen LogP contribution >= 0.6 is 0 Å². The molecule has 3 aliphatic rings. The number of aliphatic hydroxyl groups is 11. The van der Waals surface area contributed by atoms with E-state index in [1.165, 1.54) is 161 Å². The van der Waals surface area contributed by atoms with Crippen molar-refractivity contribution in [1.82, 2.24) is 5.32 Å². The first-order valence-corrected chi connectivity index (χ1v) is 32.1. The molecule has 1 amide bonds. The van der Waals surface area contributed by atoms with E-state index >= 15 is 0 Å². The number of carbonyl (C=O) groups excluding carboxylic acids is 1. The van der Waals surface area contributed by atoms with E-state index in [0.29, 0.717) is 6.42 Å². The van der Waals surface area contributed by atoms with E-state index in [1.807, 2.05) is 6.08 Å². The van der Waals surface area contributed by atoms with Crippen LogP contribution in [0.25, 0.3) is 0 Å². The molecule has 17 unspecified atom stereocenters. The standard InChI is InChI=1S/C62H115NO18/c1-3-5-7-9-11-13-15-17-18-19-20-21-22-23-24-25-26-28-30-32-34-36-38-40-50(68)63-45(46(67)39-37-35-33-31-29-27-16-14-12-10-8-6-4-2)44-76-60-56(74)53(71)58(48(42-65)78-60)81-62-57(75)54(72)59(49(43-66)79-62)80-61-55(73)52(70)51(69)47(41-64)77-61/h19-20,37,39,45-49,51-62,64-67,69-75H,3-18,21-36,38,40-44H2,1-2H3,(H,63,68)/b20-19-,39-37+. The Morgan fingerprint density at radius 2 is 0.778 bits per heavy atom. The minimum Gasteiger partial charge on any atom is -0.394 e. The van der Waals surface area contributed by atoms with Crippen LogP contribution in [0.2, 0.25) is 0 Å². The third-order valence-electron chi connectivity index (χ3n) is 16.2. The number of hydrogen-bond acceptors (Lipinski definition) is 18. The topological polar surface area (TPSA) is 307 Å². The molecule has 3 rings (SSSR count). The maximum atomic E-state index is 13.3. The lowest BCUT2D eigenvalue weighted by Crippen LogP contribution is -2.66. The molecule has 0 aromatic rings. The summed E-state index contributed by atoms with van der Waals surface area (Å²) in [5.74, 6) is -0.275. The van der Waals surface area contributed by atoms with E-state index < -0.39 is 124 Å². The van der Waals surface area contributed by atoms with Crippen molar-refractivity contribution in [2.24, 2.45) is 0 Å². The second-order valence-corrected chi connectivity index (χ2v) is 23.2. The molecule has 3 aliphatic heterocycles. The predicted octanol–water partition coefficient (Wildman–Crippen LogP) is 6.71. The summed E-state index contributed by atoms with van der Waals surface area (Å²) < 4.78 is 34.3. The van der Waals surface area contributed by atoms with Crippen molar-refractivity contribution in [3.8, 4) is 0 Å². The fourth-order valence-corrected chi connectivity index (χ4v) is 11.0. The molecular weight excluding hydrogens is 1050 g/mol. The van der Waals surface area contributed by atoms with Gasteiger partial charge in [0.1, 0.15) is 73.2 Å². The van der Waals surface area contributed by atoms with Gasteiger partial charge in [-0.3, -0.25) is 4.79 Å². The molecule has 3 heterocycles. The lowest BCUT2D eigenvalue weighted by atomic mass is 9.96. The van der Waals surface area contributed by atoms with Crippen LogP contribution in [0, 0.1) is 0 Å². The Morgan fingerprint density at radius 3 is 1.20 bits per heavy atom. The van der Waals surface area contributed by atoms with Crippen molar-refractivity contribution in [1.29, 1.82) is 0 Å². The first kappa shape index (κ1) is 73.5. The second-order valence-electron chi connectivity index (χ2n) is 23.2. The van der Waals surface area contributed by atoms with Crippen molar-refractivity contribution < 1.29 is 89.4 Å². The average molecular weight is 1160 g/mol. The van der Waals surface area contributed by atoms with Gasteiger partial charge in [0.2, 0.25) is 5.91 Å². The maximum absolute atomic E-state index is 13.3. The second kappa shape index (κ2) is 45.6. The van der Waals surface area contributed by atoms with Gasteiger partial charge in [-0.05, 0) is 44.9 Å². The highest BCUT2D eigenvalue weighted by atomic mass is 16.8. The van der Waals surface area contributed by atoms with Gasteiger partial charge < -0.3 is 89.9 Å². The molecule has 476 valence electrons. The Bertz CT molecular complexity index is 1580. The summed E-state index contributed by atoms with van der Waals surface area (Å²) in [6.45, 7) is 1.73. The Labute approximate surface area is 486 Å². The van der Waals surface area contributed by atoms with E-state index in [2.05, 4.69) is 31.3 Å². The van der Waals surface area contributed by atoms with Crippen LogP contribution in [-0.2, 0) is 33.2 Å². The number of amides is 1. The molecule has 17 atom stereocenters. The Balaban J connectivity index is 1.45. The van der Waals surface area contributed by atoms with Crippen LogP contribution in [0.15, 0.2) is 24.3 Å². The summed E-state index contributed by atoms with van der Waals surface area (Å²) in [7, 11) is 0. The van der Waals surface area contributed by atoms with Crippen LogP contribution in [-0.4, -0.2) is 193 Å². The van der Waals surface area contributed by atoms with Gasteiger partial charge >= 0.3 is 0 Å². The zero-order valence-corrected chi connectivity index (χ0v) is 49.8. The molecule has 0 aromatic heterocycles.